The van der Waals surface area contributed by atoms with Crippen molar-refractivity contribution in [1.29, 1.82) is 0 Å². The van der Waals surface area contributed by atoms with Crippen molar-refractivity contribution < 1.29 is 29.0 Å². The first-order valence-corrected chi connectivity index (χ1v) is 18.0. The van der Waals surface area contributed by atoms with Gasteiger partial charge in [-0.2, -0.15) is 0 Å². The highest BCUT2D eigenvalue weighted by Crippen LogP contribution is 2.29. The lowest BCUT2D eigenvalue weighted by Gasteiger charge is -2.24. The van der Waals surface area contributed by atoms with Crippen LogP contribution in [0.25, 0.3) is 0 Å². The molecule has 0 aliphatic rings. The minimum absolute atomic E-state index is 0.0758. The molecule has 0 aliphatic heterocycles. The van der Waals surface area contributed by atoms with Crippen molar-refractivity contribution in [2.45, 2.75) is 185 Å². The molecule has 0 saturated heterocycles. The van der Waals surface area contributed by atoms with E-state index in [9.17, 15) is 19.2 Å². The van der Waals surface area contributed by atoms with E-state index in [1.54, 1.807) is 0 Å². The lowest BCUT2D eigenvalue weighted by molar-refractivity contribution is -0.264. The highest BCUT2D eigenvalue weighted by Gasteiger charge is 2.34. The summed E-state index contributed by atoms with van der Waals surface area (Å²) in [6, 6.07) is 0. The minimum Gasteiger partial charge on any atom is -0.299 e. The Hall–Kier alpha value is -1.72. The molecule has 0 radical (unpaired) electrons. The van der Waals surface area contributed by atoms with Gasteiger partial charge in [-0.05, 0) is 48.3 Å². The van der Waals surface area contributed by atoms with Crippen LogP contribution in [-0.4, -0.2) is 23.5 Å². The normalized spacial score (nSPS) is 14.9. The summed E-state index contributed by atoms with van der Waals surface area (Å²) in [4.78, 5) is 63.2. The summed E-state index contributed by atoms with van der Waals surface area (Å²) in [5, 5.41) is 0. The third-order valence-electron chi connectivity index (χ3n) is 8.27. The summed E-state index contributed by atoms with van der Waals surface area (Å²) < 4.78 is 0. The number of unbranched alkanes of at least 4 members (excludes halogenated alkanes) is 10. The Morgan fingerprint density at radius 1 is 0.500 bits per heavy atom. The van der Waals surface area contributed by atoms with Gasteiger partial charge < -0.3 is 0 Å². The Morgan fingerprint density at radius 2 is 0.795 bits per heavy atom. The lowest BCUT2D eigenvalue weighted by atomic mass is 9.81. The van der Waals surface area contributed by atoms with Crippen LogP contribution >= 0.6 is 0 Å². The first kappa shape index (κ1) is 42.3. The molecule has 0 rings (SSSR count). The molecule has 0 amide bonds. The predicted molar refractivity (Wildman–Crippen MR) is 181 cm³/mol. The summed E-state index contributed by atoms with van der Waals surface area (Å²) >= 11 is 0. The zero-order valence-electron chi connectivity index (χ0n) is 30.5. The van der Waals surface area contributed by atoms with Gasteiger partial charge in [0, 0.05) is 12.8 Å². The maximum absolute atomic E-state index is 13.3. The van der Waals surface area contributed by atoms with Crippen molar-refractivity contribution in [2.24, 2.45) is 34.5 Å². The van der Waals surface area contributed by atoms with E-state index < -0.39 is 23.8 Å². The fourth-order valence-corrected chi connectivity index (χ4v) is 6.48. The van der Waals surface area contributed by atoms with Crippen LogP contribution in [0.3, 0.4) is 0 Å². The SMILES string of the molecule is CCCCCCCCC(C(=O)CC(C)CC(C)(C)C)C(=O)OOC(=O)C(CCCCCCCC)C(=O)CC(C)CC(C)(C)C. The quantitative estimate of drug-likeness (QED) is 0.0460. The Kier molecular flexibility index (Phi) is 21.8. The third-order valence-corrected chi connectivity index (χ3v) is 8.27. The van der Waals surface area contributed by atoms with Crippen molar-refractivity contribution >= 4 is 23.5 Å². The predicted octanol–water partition coefficient (Wildman–Crippen LogP) is 10.8. The number of carbonyl (C=O) groups is 4. The second kappa shape index (κ2) is 22.7. The van der Waals surface area contributed by atoms with Gasteiger partial charge >= 0.3 is 11.9 Å². The van der Waals surface area contributed by atoms with Gasteiger partial charge in [0.2, 0.25) is 0 Å². The van der Waals surface area contributed by atoms with E-state index in [0.717, 1.165) is 77.0 Å². The summed E-state index contributed by atoms with van der Waals surface area (Å²) in [7, 11) is 0. The van der Waals surface area contributed by atoms with Crippen molar-refractivity contribution in [3.05, 3.63) is 0 Å². The van der Waals surface area contributed by atoms with Crippen LogP contribution in [-0.2, 0) is 29.0 Å². The Labute approximate surface area is 271 Å². The molecule has 4 atom stereocenters. The topological polar surface area (TPSA) is 86.7 Å². The van der Waals surface area contributed by atoms with E-state index in [0.29, 0.717) is 12.8 Å². The third kappa shape index (κ3) is 21.9. The molecule has 0 aliphatic carbocycles. The Bertz CT molecular complexity index is 750. The standard InChI is InChI=1S/C38H70O6/c1-11-13-15-17-19-21-23-31(33(39)25-29(3)27-37(5,6)7)35(41)43-44-36(42)32(24-22-20-18-16-14-12-2)34(40)26-30(4)28-38(8,9)10/h29-32H,11-28H2,1-10H3. The highest BCUT2D eigenvalue weighted by atomic mass is 17.2. The molecule has 0 N–H and O–H groups in total. The van der Waals surface area contributed by atoms with Crippen LogP contribution in [0.15, 0.2) is 0 Å². The first-order valence-electron chi connectivity index (χ1n) is 18.0. The van der Waals surface area contributed by atoms with Crippen LogP contribution in [0.5, 0.6) is 0 Å². The van der Waals surface area contributed by atoms with Gasteiger partial charge in [-0.25, -0.2) is 19.4 Å². The van der Waals surface area contributed by atoms with E-state index >= 15 is 0 Å². The number of ketones is 2. The summed E-state index contributed by atoms with van der Waals surface area (Å²) in [5.74, 6) is -3.62. The van der Waals surface area contributed by atoms with Gasteiger partial charge in [-0.3, -0.25) is 9.59 Å². The van der Waals surface area contributed by atoms with E-state index in [4.69, 9.17) is 9.78 Å². The van der Waals surface area contributed by atoms with Crippen molar-refractivity contribution in [1.82, 2.24) is 0 Å². The molecule has 0 aromatic carbocycles. The fourth-order valence-electron chi connectivity index (χ4n) is 6.48. The monoisotopic (exact) mass is 623 g/mol. The largest absolute Gasteiger partial charge is 0.365 e. The average molecular weight is 623 g/mol. The second-order valence-corrected chi connectivity index (χ2v) is 16.1. The molecule has 4 unspecified atom stereocenters. The van der Waals surface area contributed by atoms with Crippen LogP contribution in [0.4, 0.5) is 0 Å². The highest BCUT2D eigenvalue weighted by molar-refractivity contribution is 6.00. The fraction of sp³-hybridized carbons (Fsp3) is 0.895. The molecule has 0 bridgehead atoms. The van der Waals surface area contributed by atoms with Gasteiger partial charge in [0.25, 0.3) is 0 Å². The summed E-state index contributed by atoms with van der Waals surface area (Å²) in [5.41, 5.74) is 0.152. The summed E-state index contributed by atoms with van der Waals surface area (Å²) in [6.07, 6.45) is 15.5. The molecule has 258 valence electrons. The molecular weight excluding hydrogens is 552 g/mol. The van der Waals surface area contributed by atoms with Crippen LogP contribution in [0.1, 0.15) is 185 Å². The molecule has 44 heavy (non-hydrogen) atoms. The van der Waals surface area contributed by atoms with Gasteiger partial charge in [0.15, 0.2) is 0 Å². The molecule has 6 nitrogen and oxygen atoms in total. The maximum atomic E-state index is 13.3. The summed E-state index contributed by atoms with van der Waals surface area (Å²) in [6.45, 7) is 21.3. The smallest absolute Gasteiger partial charge is 0.299 e. The molecule has 0 saturated carbocycles. The molecule has 6 heteroatoms. The van der Waals surface area contributed by atoms with Crippen LogP contribution in [0, 0.1) is 34.5 Å². The van der Waals surface area contributed by atoms with Crippen molar-refractivity contribution in [3.8, 4) is 0 Å². The zero-order valence-corrected chi connectivity index (χ0v) is 30.5. The molecule has 0 aromatic heterocycles. The Morgan fingerprint density at radius 3 is 1.09 bits per heavy atom. The van der Waals surface area contributed by atoms with Gasteiger partial charge in [0.1, 0.15) is 23.4 Å². The minimum atomic E-state index is -0.962. The van der Waals surface area contributed by atoms with Crippen molar-refractivity contribution in [3.63, 3.8) is 0 Å². The average Bonchev–Trinajstić information content (AvgIpc) is 2.88. The van der Waals surface area contributed by atoms with E-state index in [1.807, 2.05) is 13.8 Å². The Balaban J connectivity index is 5.47. The van der Waals surface area contributed by atoms with Gasteiger partial charge in [-0.1, -0.05) is 146 Å². The second-order valence-electron chi connectivity index (χ2n) is 16.1. The first-order chi connectivity index (χ1) is 20.5. The number of Topliss-reactive ketones (excluding diaryl/α,β-unsaturated/α-hetero) is 2. The van der Waals surface area contributed by atoms with E-state index in [2.05, 4.69) is 55.4 Å². The zero-order chi connectivity index (χ0) is 33.8. The molecular formula is C38H70O6. The molecule has 0 spiro atoms. The lowest BCUT2D eigenvalue weighted by Crippen LogP contribution is -2.32. The van der Waals surface area contributed by atoms with Crippen LogP contribution in [0.2, 0.25) is 0 Å². The van der Waals surface area contributed by atoms with Crippen LogP contribution < -0.4 is 0 Å². The number of rotatable bonds is 24. The molecule has 0 fully saturated rings. The number of hydrogen-bond acceptors (Lipinski definition) is 6. The number of carbonyl (C=O) groups excluding carboxylic acids is 4. The van der Waals surface area contributed by atoms with E-state index in [1.165, 1.54) is 12.8 Å². The molecule has 0 heterocycles. The van der Waals surface area contributed by atoms with E-state index in [-0.39, 0.29) is 47.1 Å². The maximum Gasteiger partial charge on any atom is 0.365 e. The van der Waals surface area contributed by atoms with Gasteiger partial charge in [0.05, 0.1) is 0 Å². The molecule has 0 aromatic rings. The van der Waals surface area contributed by atoms with Crippen molar-refractivity contribution in [2.75, 3.05) is 0 Å². The van der Waals surface area contributed by atoms with Gasteiger partial charge in [-0.15, -0.1) is 0 Å². The number of hydrogen-bond donors (Lipinski definition) is 0.